The van der Waals surface area contributed by atoms with Gasteiger partial charge in [0.2, 0.25) is 0 Å². The van der Waals surface area contributed by atoms with Gasteiger partial charge in [0.05, 0.1) is 0 Å². The van der Waals surface area contributed by atoms with Crippen molar-refractivity contribution in [1.29, 1.82) is 0 Å². The Balaban J connectivity index is 0. The van der Waals surface area contributed by atoms with E-state index >= 15 is 0 Å². The van der Waals surface area contributed by atoms with Crippen LogP contribution in [0.2, 0.25) is 0 Å². The third-order valence-electron chi connectivity index (χ3n) is 0. The SMILES string of the molecule is [Al].[Al].[Cu].[Ge].[Ti].[Ti]. The van der Waals surface area contributed by atoms with Crippen LogP contribution in [0.4, 0.5) is 0 Å². The first-order valence-corrected chi connectivity index (χ1v) is 0. The Morgan fingerprint density at radius 1 is 0.667 bits per heavy atom. The molecule has 0 nitrogen and oxygen atoms in total. The molecular weight excluding hydrogens is 286 g/mol. The van der Waals surface area contributed by atoms with Crippen LogP contribution in [0.15, 0.2) is 0 Å². The minimum Gasteiger partial charge on any atom is 0 e. The molecule has 6 heteroatoms. The van der Waals surface area contributed by atoms with Crippen molar-refractivity contribution in [1.82, 2.24) is 0 Å². The van der Waals surface area contributed by atoms with Crippen LogP contribution in [-0.2, 0) is 60.5 Å². The summed E-state index contributed by atoms with van der Waals surface area (Å²) >= 11 is 0. The van der Waals surface area contributed by atoms with Gasteiger partial charge in [-0.2, -0.15) is 0 Å². The summed E-state index contributed by atoms with van der Waals surface area (Å²) in [6, 6.07) is 0. The molecule has 0 heterocycles. The zero-order valence-electron chi connectivity index (χ0n) is 2.96. The van der Waals surface area contributed by atoms with Gasteiger partial charge in [-0.15, -0.1) is 0 Å². The van der Waals surface area contributed by atoms with Crippen LogP contribution in [0.5, 0.6) is 0 Å². The summed E-state index contributed by atoms with van der Waals surface area (Å²) < 4.78 is 0. The van der Waals surface area contributed by atoms with Crippen LogP contribution in [0.3, 0.4) is 0 Å². The van der Waals surface area contributed by atoms with E-state index in [1.807, 2.05) is 0 Å². The van der Waals surface area contributed by atoms with Crippen LogP contribution in [0, 0.1) is 0 Å². The predicted molar refractivity (Wildman–Crippen MR) is 17.3 cm³/mol. The summed E-state index contributed by atoms with van der Waals surface area (Å²) in [5, 5.41) is 0. The molecule has 0 unspecified atom stereocenters. The van der Waals surface area contributed by atoms with E-state index in [9.17, 15) is 0 Å². The van der Waals surface area contributed by atoms with E-state index in [0.29, 0.717) is 0 Å². The molecule has 0 aliphatic heterocycles. The fraction of sp³-hybridized carbons (Fsp3) is 0. The van der Waals surface area contributed by atoms with Crippen LogP contribution >= 0.6 is 0 Å². The zero-order valence-corrected chi connectivity index (χ0v) is 11.4. The molecule has 0 aliphatic carbocycles. The molecule has 0 saturated carbocycles. The molecule has 0 aromatic heterocycles. The van der Waals surface area contributed by atoms with E-state index < -0.39 is 0 Å². The third-order valence-corrected chi connectivity index (χ3v) is 0. The normalized spacial score (nSPS) is 0. The molecule has 0 amide bonds. The summed E-state index contributed by atoms with van der Waals surface area (Å²) in [6.45, 7) is 0. The standard InChI is InChI=1S/2Al.Cu.Ge.2Ti. The van der Waals surface area contributed by atoms with Gasteiger partial charge in [-0.05, 0) is 0 Å². The number of hydrogen-bond donors (Lipinski definition) is 0. The number of rotatable bonds is 0. The monoisotopic (exact) mass is 287 g/mol. The Bertz CT molecular complexity index is 11.5. The number of hydrogen-bond acceptors (Lipinski definition) is 0. The Hall–Kier alpha value is 3.56. The minimum atomic E-state index is 0. The molecule has 0 aromatic rings. The summed E-state index contributed by atoms with van der Waals surface area (Å²) in [5.41, 5.74) is 0. The average Bonchev–Trinajstić information content (AvgIpc) is 0. The Kier molecular flexibility index (Phi) is 356. The zero-order chi connectivity index (χ0) is 0. The molecule has 0 saturated heterocycles. The van der Waals surface area contributed by atoms with Gasteiger partial charge in [-0.3, -0.25) is 0 Å². The van der Waals surface area contributed by atoms with Crippen molar-refractivity contribution in [2.75, 3.05) is 0 Å². The van der Waals surface area contributed by atoms with Crippen molar-refractivity contribution in [3.8, 4) is 0 Å². The second-order valence-electron chi connectivity index (χ2n) is 0. The Morgan fingerprint density at radius 2 is 0.667 bits per heavy atom. The molecule has 0 N–H and O–H groups in total. The largest absolute Gasteiger partial charge is 0 e. The van der Waals surface area contributed by atoms with E-state index in [1.165, 1.54) is 0 Å². The minimum absolute atomic E-state index is 0. The van der Waals surface area contributed by atoms with Crippen LogP contribution in [0.1, 0.15) is 0 Å². The second kappa shape index (κ2) is 38.6. The summed E-state index contributed by atoms with van der Waals surface area (Å²) in [5.74, 6) is 0. The molecule has 29 valence electrons. The van der Waals surface area contributed by atoms with Gasteiger partial charge in [0.15, 0.2) is 0 Å². The first kappa shape index (κ1) is 55.3. The van der Waals surface area contributed by atoms with E-state index in [4.69, 9.17) is 0 Å². The van der Waals surface area contributed by atoms with E-state index in [0.717, 1.165) is 0 Å². The molecule has 6 heavy (non-hydrogen) atoms. The average molecular weight is 286 g/mol. The Labute approximate surface area is 111 Å². The van der Waals surface area contributed by atoms with Gasteiger partial charge in [-0.1, -0.05) is 0 Å². The molecule has 0 rings (SSSR count). The molecular formula is Al2CuGeTi2. The second-order valence-corrected chi connectivity index (χ2v) is 0. The van der Waals surface area contributed by atoms with Crippen LogP contribution in [-0.4, -0.2) is 52.3 Å². The van der Waals surface area contributed by atoms with E-state index in [1.54, 1.807) is 0 Å². The van der Waals surface area contributed by atoms with Gasteiger partial charge >= 0.3 is 0 Å². The fourth-order valence-corrected chi connectivity index (χ4v) is 0. The van der Waals surface area contributed by atoms with Crippen LogP contribution in [0.25, 0.3) is 0 Å². The van der Waals surface area contributed by atoms with Gasteiger partial charge in [0.1, 0.15) is 0 Å². The van der Waals surface area contributed by atoms with Crippen molar-refractivity contribution in [3.05, 3.63) is 0 Å². The molecule has 0 atom stereocenters. The predicted octanol–water partition coefficient (Wildman–Crippen LogP) is -1.15. The van der Waals surface area contributed by atoms with E-state index in [-0.39, 0.29) is 113 Å². The van der Waals surface area contributed by atoms with Crippen molar-refractivity contribution < 1.29 is 60.5 Å². The molecule has 0 spiro atoms. The summed E-state index contributed by atoms with van der Waals surface area (Å²) in [4.78, 5) is 0. The van der Waals surface area contributed by atoms with Crippen LogP contribution < -0.4 is 0 Å². The van der Waals surface area contributed by atoms with Crippen molar-refractivity contribution in [2.45, 2.75) is 0 Å². The molecule has 11 radical (unpaired) electrons. The molecule has 0 aromatic carbocycles. The first-order chi connectivity index (χ1) is 0. The topological polar surface area (TPSA) is 0 Å². The maximum Gasteiger partial charge on any atom is 0 e. The smallest absolute Gasteiger partial charge is 0 e. The summed E-state index contributed by atoms with van der Waals surface area (Å²) in [6.07, 6.45) is 0. The Morgan fingerprint density at radius 3 is 0.667 bits per heavy atom. The molecule has 0 fully saturated rings. The maximum absolute atomic E-state index is 0. The van der Waals surface area contributed by atoms with Crippen molar-refractivity contribution >= 4 is 52.3 Å². The van der Waals surface area contributed by atoms with Gasteiger partial charge in [0, 0.05) is 113 Å². The molecule has 0 bridgehead atoms. The summed E-state index contributed by atoms with van der Waals surface area (Å²) in [7, 11) is 0. The quantitative estimate of drug-likeness (QED) is 0.493. The fourth-order valence-electron chi connectivity index (χ4n) is 0. The maximum atomic E-state index is 0. The van der Waals surface area contributed by atoms with Gasteiger partial charge in [-0.25, -0.2) is 0 Å². The molecule has 0 aliphatic rings. The van der Waals surface area contributed by atoms with Gasteiger partial charge in [0.25, 0.3) is 0 Å². The van der Waals surface area contributed by atoms with Crippen molar-refractivity contribution in [3.63, 3.8) is 0 Å². The third kappa shape index (κ3) is 25.7. The first-order valence-electron chi connectivity index (χ1n) is 0. The van der Waals surface area contributed by atoms with Crippen molar-refractivity contribution in [2.24, 2.45) is 0 Å². The van der Waals surface area contributed by atoms with Gasteiger partial charge < -0.3 is 0 Å². The van der Waals surface area contributed by atoms with E-state index in [2.05, 4.69) is 0 Å².